The van der Waals surface area contributed by atoms with Crippen LogP contribution in [-0.2, 0) is 52.7 Å². The van der Waals surface area contributed by atoms with Gasteiger partial charge in [-0.05, 0) is 94.3 Å². The van der Waals surface area contributed by atoms with E-state index in [1.54, 1.807) is 74.5 Å². The maximum absolute atomic E-state index is 15.1. The summed E-state index contributed by atoms with van der Waals surface area (Å²) >= 11 is 0. The van der Waals surface area contributed by atoms with Gasteiger partial charge in [0.25, 0.3) is 0 Å². The molecule has 0 aliphatic carbocycles. The summed E-state index contributed by atoms with van der Waals surface area (Å²) in [5.74, 6) is -10.3. The Hall–Kier alpha value is -6.13. The van der Waals surface area contributed by atoms with E-state index in [2.05, 4.69) is 26.6 Å². The SMILES string of the molecule is CC=CCC(C)C(O)C1C(=O)NC(CC)C(=O)N(C)CC(=O)NC(C(C)C)C(=O)NC(C(C)C)C(=O)N(C)C(CC(C)C)C(=O)NC(C)C(=O)NC(C)C(=O)N(C)C(CC(C)C)C(=O)N(C)C(CC(C)C)C(=O)N(C)C(C(C)C)C(=O)N1C. The van der Waals surface area contributed by atoms with Gasteiger partial charge in [-0.1, -0.05) is 109 Å². The number of hydrogen-bond donors (Lipinski definition) is 6. The Balaban J connectivity index is 4.25. The van der Waals surface area contributed by atoms with Crippen LogP contribution in [-0.4, -0.2) is 215 Å². The van der Waals surface area contributed by atoms with Crippen LogP contribution in [0, 0.1) is 41.4 Å². The first-order valence-corrected chi connectivity index (χ1v) is 29.7. The van der Waals surface area contributed by atoms with E-state index in [9.17, 15) is 48.3 Å². The normalized spacial score (nSPS) is 27.1. The summed E-state index contributed by atoms with van der Waals surface area (Å²) in [5, 5.41) is 25.6. The van der Waals surface area contributed by atoms with Gasteiger partial charge in [0.15, 0.2) is 0 Å². The van der Waals surface area contributed by atoms with Gasteiger partial charge in [0.1, 0.15) is 60.4 Å². The van der Waals surface area contributed by atoms with Crippen LogP contribution in [0.5, 0.6) is 0 Å². The first-order chi connectivity index (χ1) is 38.3. The van der Waals surface area contributed by atoms with Crippen molar-refractivity contribution in [3.63, 3.8) is 0 Å². The van der Waals surface area contributed by atoms with Crippen molar-refractivity contribution in [2.75, 3.05) is 48.8 Å². The van der Waals surface area contributed by atoms with Crippen molar-refractivity contribution in [1.29, 1.82) is 0 Å². The molecule has 1 fully saturated rings. The Kier molecular flexibility index (Phi) is 30.7. The molecule has 1 saturated heterocycles. The fourth-order valence-electron chi connectivity index (χ4n) is 10.3. The molecule has 0 radical (unpaired) electrons. The molecular formula is C60H107N11O12. The number of aliphatic hydroxyl groups excluding tert-OH is 1. The van der Waals surface area contributed by atoms with Gasteiger partial charge in [0.2, 0.25) is 65.0 Å². The van der Waals surface area contributed by atoms with E-state index < -0.39 is 162 Å². The van der Waals surface area contributed by atoms with Crippen molar-refractivity contribution < 1.29 is 57.8 Å². The number of nitrogens with one attached hydrogen (secondary N) is 5. The first-order valence-electron chi connectivity index (χ1n) is 29.7. The number of carbonyl (C=O) groups is 11. The third-order valence-electron chi connectivity index (χ3n) is 15.5. The number of aliphatic hydroxyl groups is 1. The van der Waals surface area contributed by atoms with Crippen molar-refractivity contribution in [2.24, 2.45) is 41.4 Å². The summed E-state index contributed by atoms with van der Waals surface area (Å²) in [5.41, 5.74) is 0. The van der Waals surface area contributed by atoms with Crippen molar-refractivity contribution in [1.82, 2.24) is 56.0 Å². The Morgan fingerprint density at radius 2 is 0.916 bits per heavy atom. The highest BCUT2D eigenvalue weighted by Crippen LogP contribution is 2.25. The summed E-state index contributed by atoms with van der Waals surface area (Å²) in [6.45, 7) is 28.8. The molecule has 12 atom stereocenters. The number of allylic oxidation sites excluding steroid dienone is 2. The van der Waals surface area contributed by atoms with Gasteiger partial charge in [-0.3, -0.25) is 52.7 Å². The van der Waals surface area contributed by atoms with E-state index in [1.165, 1.54) is 75.7 Å². The summed E-state index contributed by atoms with van der Waals surface area (Å²) in [7, 11) is 8.44. The Morgan fingerprint density at radius 3 is 1.37 bits per heavy atom. The average molecular weight is 1170 g/mol. The molecule has 0 saturated carbocycles. The summed E-state index contributed by atoms with van der Waals surface area (Å²) in [6, 6.07) is -12.4. The zero-order chi connectivity index (χ0) is 64.4. The van der Waals surface area contributed by atoms with Gasteiger partial charge in [-0.15, -0.1) is 0 Å². The number of nitrogens with zero attached hydrogens (tertiary/aromatic N) is 6. The van der Waals surface area contributed by atoms with Crippen LogP contribution in [0.25, 0.3) is 0 Å². The first kappa shape index (κ1) is 74.9. The van der Waals surface area contributed by atoms with Gasteiger partial charge in [-0.2, -0.15) is 0 Å². The van der Waals surface area contributed by atoms with Crippen LogP contribution in [0.4, 0.5) is 0 Å². The van der Waals surface area contributed by atoms with Crippen LogP contribution < -0.4 is 26.6 Å². The number of carbonyl (C=O) groups excluding carboxylic acids is 11. The van der Waals surface area contributed by atoms with Gasteiger partial charge < -0.3 is 61.1 Å². The maximum atomic E-state index is 15.1. The van der Waals surface area contributed by atoms with E-state index in [4.69, 9.17) is 0 Å². The largest absolute Gasteiger partial charge is 0.390 e. The van der Waals surface area contributed by atoms with E-state index >= 15 is 9.59 Å². The molecule has 6 N–H and O–H groups in total. The molecule has 0 aromatic rings. The topological polar surface area (TPSA) is 288 Å². The Morgan fingerprint density at radius 1 is 0.470 bits per heavy atom. The van der Waals surface area contributed by atoms with Crippen LogP contribution >= 0.6 is 0 Å². The number of rotatable bonds is 14. The van der Waals surface area contributed by atoms with E-state index in [1.807, 2.05) is 41.5 Å². The van der Waals surface area contributed by atoms with Crippen LogP contribution in [0.3, 0.4) is 0 Å². The molecule has 1 aliphatic rings. The zero-order valence-corrected chi connectivity index (χ0v) is 54.4. The lowest BCUT2D eigenvalue weighted by atomic mass is 9.91. The van der Waals surface area contributed by atoms with Crippen molar-refractivity contribution in [2.45, 2.75) is 216 Å². The zero-order valence-electron chi connectivity index (χ0n) is 54.4. The minimum atomic E-state index is -1.61. The predicted octanol–water partition coefficient (Wildman–Crippen LogP) is 2.54. The van der Waals surface area contributed by atoms with E-state index in [0.717, 1.165) is 9.80 Å². The molecule has 1 rings (SSSR count). The van der Waals surface area contributed by atoms with Crippen LogP contribution in [0.15, 0.2) is 12.2 Å². The van der Waals surface area contributed by atoms with Crippen molar-refractivity contribution in [3.8, 4) is 0 Å². The lowest BCUT2D eigenvalue weighted by Gasteiger charge is -2.41. The van der Waals surface area contributed by atoms with Crippen molar-refractivity contribution in [3.05, 3.63) is 12.2 Å². The second-order valence-electron chi connectivity index (χ2n) is 25.2. The minimum absolute atomic E-state index is 0.0191. The number of amides is 11. The minimum Gasteiger partial charge on any atom is -0.390 e. The molecule has 11 amide bonds. The molecule has 23 heteroatoms. The smallest absolute Gasteiger partial charge is 0.246 e. The molecule has 12 unspecified atom stereocenters. The molecular weight excluding hydrogens is 1070 g/mol. The predicted molar refractivity (Wildman–Crippen MR) is 319 cm³/mol. The lowest BCUT2D eigenvalue weighted by Crippen LogP contribution is -2.63. The highest BCUT2D eigenvalue weighted by molar-refractivity contribution is 5.99. The molecule has 0 bridgehead atoms. The molecule has 0 aromatic carbocycles. The summed E-state index contributed by atoms with van der Waals surface area (Å²) in [4.78, 5) is 166. The Bertz CT molecular complexity index is 2270. The van der Waals surface area contributed by atoms with Gasteiger partial charge in [0, 0.05) is 42.3 Å². The van der Waals surface area contributed by atoms with Gasteiger partial charge in [0.05, 0.1) is 12.6 Å². The average Bonchev–Trinajstić information content (AvgIpc) is 3.53. The number of likely N-dealkylation sites (N-methyl/N-ethyl adjacent to an activating group) is 6. The van der Waals surface area contributed by atoms with Gasteiger partial charge in [-0.25, -0.2) is 0 Å². The quantitative estimate of drug-likeness (QED) is 0.137. The standard InChI is InChI=1S/C60H107N11O12/c1-24-26-27-38(15)50(73)49-54(77)63-41(25-2)56(79)66(18)31-45(72)64-46(35(9)10)53(76)65-47(36(11)12)59(82)67(19)42(28-32(3)4)52(75)61-39(16)51(74)62-40(17)55(78)68(20)43(29-33(5)6)57(80)69(21)44(30-34(7)8)58(81)70(22)48(37(13)14)60(83)71(49)23/h24,26,32-44,46-50,73H,25,27-31H2,1-23H3,(H,61,75)(H,62,74)(H,63,77)(H,64,72)(H,65,76). The fourth-order valence-corrected chi connectivity index (χ4v) is 10.3. The molecule has 0 spiro atoms. The third-order valence-corrected chi connectivity index (χ3v) is 15.5. The van der Waals surface area contributed by atoms with E-state index in [0.29, 0.717) is 6.42 Å². The molecule has 1 heterocycles. The summed E-state index contributed by atoms with van der Waals surface area (Å²) in [6.07, 6.45) is 2.87. The molecule has 0 aromatic heterocycles. The highest BCUT2D eigenvalue weighted by Gasteiger charge is 2.45. The third kappa shape index (κ3) is 21.2. The molecule has 83 heavy (non-hydrogen) atoms. The lowest BCUT2D eigenvalue weighted by molar-refractivity contribution is -0.157. The highest BCUT2D eigenvalue weighted by atomic mass is 16.3. The molecule has 474 valence electrons. The summed E-state index contributed by atoms with van der Waals surface area (Å²) < 4.78 is 0. The monoisotopic (exact) mass is 1170 g/mol. The second kappa shape index (κ2) is 34.0. The Labute approximate surface area is 495 Å². The fraction of sp³-hybridized carbons (Fsp3) is 0.783. The molecule has 23 nitrogen and oxygen atoms in total. The van der Waals surface area contributed by atoms with Crippen LogP contribution in [0.2, 0.25) is 0 Å². The second-order valence-corrected chi connectivity index (χ2v) is 25.2. The molecule has 1 aliphatic heterocycles. The maximum Gasteiger partial charge on any atom is 0.246 e. The van der Waals surface area contributed by atoms with Gasteiger partial charge >= 0.3 is 0 Å². The van der Waals surface area contributed by atoms with E-state index in [-0.39, 0.29) is 43.4 Å². The number of hydrogen-bond acceptors (Lipinski definition) is 12. The van der Waals surface area contributed by atoms with Crippen molar-refractivity contribution >= 4 is 65.0 Å². The van der Waals surface area contributed by atoms with Crippen LogP contribution in [0.1, 0.15) is 150 Å².